The van der Waals surface area contributed by atoms with E-state index >= 15 is 0 Å². The van der Waals surface area contributed by atoms with Gasteiger partial charge >= 0.3 is 0 Å². The maximum absolute atomic E-state index is 11.7. The van der Waals surface area contributed by atoms with Crippen LogP contribution < -0.4 is 15.5 Å². The predicted molar refractivity (Wildman–Crippen MR) is 70.6 cm³/mol. The molecule has 1 atom stereocenters. The fraction of sp³-hybridized carbons (Fsp3) is 0.583. The van der Waals surface area contributed by atoms with Crippen LogP contribution in [0.1, 0.15) is 12.8 Å². The second kappa shape index (κ2) is 5.66. The van der Waals surface area contributed by atoms with Crippen LogP contribution in [0.2, 0.25) is 0 Å². The third-order valence-electron chi connectivity index (χ3n) is 3.24. The lowest BCUT2D eigenvalue weighted by molar-refractivity contribution is -0.124. The minimum Gasteiger partial charge on any atom is -0.372 e. The molecular weight excluding hydrogens is 230 g/mol. The van der Waals surface area contributed by atoms with Gasteiger partial charge in [0.1, 0.15) is 11.6 Å². The van der Waals surface area contributed by atoms with Crippen molar-refractivity contribution in [3.8, 4) is 0 Å². The minimum atomic E-state index is 0.0452. The van der Waals surface area contributed by atoms with Gasteiger partial charge in [-0.15, -0.1) is 0 Å². The molecule has 1 aromatic heterocycles. The van der Waals surface area contributed by atoms with E-state index in [1.807, 2.05) is 7.05 Å². The van der Waals surface area contributed by atoms with E-state index in [9.17, 15) is 4.79 Å². The number of anilines is 2. The van der Waals surface area contributed by atoms with Crippen molar-refractivity contribution in [2.24, 2.45) is 5.92 Å². The van der Waals surface area contributed by atoms with Gasteiger partial charge in [0.25, 0.3) is 0 Å². The van der Waals surface area contributed by atoms with E-state index in [0.29, 0.717) is 6.54 Å². The van der Waals surface area contributed by atoms with Crippen LogP contribution in [0.15, 0.2) is 12.4 Å². The maximum Gasteiger partial charge on any atom is 0.224 e. The quantitative estimate of drug-likeness (QED) is 0.815. The SMILES string of the molecule is CNC(=O)C1CCCN(c2cncc(NC)n2)C1. The van der Waals surface area contributed by atoms with Crippen LogP contribution in [0.3, 0.4) is 0 Å². The van der Waals surface area contributed by atoms with E-state index < -0.39 is 0 Å². The number of amides is 1. The lowest BCUT2D eigenvalue weighted by Crippen LogP contribution is -2.42. The monoisotopic (exact) mass is 249 g/mol. The first-order chi connectivity index (χ1) is 8.74. The zero-order valence-corrected chi connectivity index (χ0v) is 10.8. The van der Waals surface area contributed by atoms with E-state index in [0.717, 1.165) is 31.0 Å². The molecule has 2 rings (SSSR count). The van der Waals surface area contributed by atoms with Crippen molar-refractivity contribution in [1.29, 1.82) is 0 Å². The summed E-state index contributed by atoms with van der Waals surface area (Å²) < 4.78 is 0. The van der Waals surface area contributed by atoms with Crippen molar-refractivity contribution in [3.05, 3.63) is 12.4 Å². The lowest BCUT2D eigenvalue weighted by atomic mass is 9.97. The fourth-order valence-electron chi connectivity index (χ4n) is 2.23. The van der Waals surface area contributed by atoms with Crippen molar-refractivity contribution in [3.63, 3.8) is 0 Å². The zero-order valence-electron chi connectivity index (χ0n) is 10.8. The summed E-state index contributed by atoms with van der Waals surface area (Å²) in [5.41, 5.74) is 0. The number of carbonyl (C=O) groups excluding carboxylic acids is 1. The number of nitrogens with one attached hydrogen (secondary N) is 2. The smallest absolute Gasteiger partial charge is 0.224 e. The van der Waals surface area contributed by atoms with Crippen LogP contribution in [0.25, 0.3) is 0 Å². The van der Waals surface area contributed by atoms with Crippen LogP contribution in [-0.4, -0.2) is 43.1 Å². The predicted octanol–water partition coefficient (Wildman–Crippen LogP) is 0.481. The molecule has 6 heteroatoms. The normalized spacial score (nSPS) is 19.4. The van der Waals surface area contributed by atoms with Crippen LogP contribution in [0, 0.1) is 5.92 Å². The van der Waals surface area contributed by atoms with Gasteiger partial charge in [-0.3, -0.25) is 9.78 Å². The topological polar surface area (TPSA) is 70.2 Å². The largest absolute Gasteiger partial charge is 0.372 e. The summed E-state index contributed by atoms with van der Waals surface area (Å²) >= 11 is 0. The van der Waals surface area contributed by atoms with Gasteiger partial charge in [0.05, 0.1) is 18.3 Å². The summed E-state index contributed by atoms with van der Waals surface area (Å²) in [6, 6.07) is 0. The number of carbonyl (C=O) groups is 1. The highest BCUT2D eigenvalue weighted by Gasteiger charge is 2.25. The van der Waals surface area contributed by atoms with E-state index in [1.165, 1.54) is 0 Å². The third kappa shape index (κ3) is 2.69. The first kappa shape index (κ1) is 12.6. The Morgan fingerprint density at radius 2 is 2.28 bits per heavy atom. The van der Waals surface area contributed by atoms with Gasteiger partial charge in [-0.1, -0.05) is 0 Å². The molecule has 0 aliphatic carbocycles. The molecule has 1 saturated heterocycles. The summed E-state index contributed by atoms with van der Waals surface area (Å²) in [5, 5.41) is 5.69. The molecule has 18 heavy (non-hydrogen) atoms. The summed E-state index contributed by atoms with van der Waals surface area (Å²) in [6.07, 6.45) is 5.37. The highest BCUT2D eigenvalue weighted by molar-refractivity contribution is 5.79. The summed E-state index contributed by atoms with van der Waals surface area (Å²) in [7, 11) is 3.50. The van der Waals surface area contributed by atoms with Crippen LogP contribution in [-0.2, 0) is 4.79 Å². The minimum absolute atomic E-state index is 0.0452. The number of rotatable bonds is 3. The van der Waals surface area contributed by atoms with Gasteiger partial charge in [0.2, 0.25) is 5.91 Å². The van der Waals surface area contributed by atoms with Gasteiger partial charge in [0.15, 0.2) is 0 Å². The van der Waals surface area contributed by atoms with Crippen molar-refractivity contribution in [2.75, 3.05) is 37.4 Å². The number of aromatic nitrogens is 2. The molecule has 0 saturated carbocycles. The Kier molecular flexibility index (Phi) is 3.96. The molecule has 2 heterocycles. The lowest BCUT2D eigenvalue weighted by Gasteiger charge is -2.32. The second-order valence-electron chi connectivity index (χ2n) is 4.41. The number of piperidine rings is 1. The van der Waals surface area contributed by atoms with E-state index in [-0.39, 0.29) is 11.8 Å². The Hall–Kier alpha value is -1.85. The molecule has 0 bridgehead atoms. The second-order valence-corrected chi connectivity index (χ2v) is 4.41. The Labute approximate surface area is 107 Å². The van der Waals surface area contributed by atoms with E-state index in [1.54, 1.807) is 19.4 Å². The van der Waals surface area contributed by atoms with Gasteiger partial charge in [-0.25, -0.2) is 4.98 Å². The van der Waals surface area contributed by atoms with Crippen LogP contribution in [0.4, 0.5) is 11.6 Å². The van der Waals surface area contributed by atoms with Crippen molar-refractivity contribution in [2.45, 2.75) is 12.8 Å². The van der Waals surface area contributed by atoms with E-state index in [2.05, 4.69) is 25.5 Å². The van der Waals surface area contributed by atoms with Crippen molar-refractivity contribution >= 4 is 17.5 Å². The van der Waals surface area contributed by atoms with Crippen LogP contribution in [0.5, 0.6) is 0 Å². The molecule has 1 amide bonds. The number of hydrogen-bond acceptors (Lipinski definition) is 5. The highest BCUT2D eigenvalue weighted by Crippen LogP contribution is 2.22. The molecule has 98 valence electrons. The fourth-order valence-corrected chi connectivity index (χ4v) is 2.23. The van der Waals surface area contributed by atoms with Gasteiger partial charge in [0, 0.05) is 27.2 Å². The average molecular weight is 249 g/mol. The first-order valence-corrected chi connectivity index (χ1v) is 6.21. The molecule has 1 aliphatic heterocycles. The standard InChI is InChI=1S/C12H19N5O/c1-13-10-6-15-7-11(16-10)17-5-3-4-9(8-17)12(18)14-2/h6-7,9H,3-5,8H2,1-2H3,(H,13,16)(H,14,18). The van der Waals surface area contributed by atoms with Crippen LogP contribution >= 0.6 is 0 Å². The zero-order chi connectivity index (χ0) is 13.0. The summed E-state index contributed by atoms with van der Waals surface area (Å²) in [6.45, 7) is 1.64. The Morgan fingerprint density at radius 1 is 1.44 bits per heavy atom. The number of nitrogens with zero attached hydrogens (tertiary/aromatic N) is 3. The average Bonchev–Trinajstić information content (AvgIpc) is 2.46. The molecule has 2 N–H and O–H groups in total. The molecule has 0 aromatic carbocycles. The Morgan fingerprint density at radius 3 is 3.00 bits per heavy atom. The van der Waals surface area contributed by atoms with Gasteiger partial charge < -0.3 is 15.5 Å². The molecule has 1 unspecified atom stereocenters. The number of hydrogen-bond donors (Lipinski definition) is 2. The molecule has 1 aromatic rings. The Bertz CT molecular complexity index is 423. The van der Waals surface area contributed by atoms with Crippen molar-refractivity contribution < 1.29 is 4.79 Å². The third-order valence-corrected chi connectivity index (χ3v) is 3.24. The van der Waals surface area contributed by atoms with E-state index in [4.69, 9.17) is 0 Å². The van der Waals surface area contributed by atoms with Gasteiger partial charge in [-0.2, -0.15) is 0 Å². The molecule has 6 nitrogen and oxygen atoms in total. The molecule has 1 aliphatic rings. The Balaban J connectivity index is 2.10. The molecule has 0 spiro atoms. The summed E-state index contributed by atoms with van der Waals surface area (Å²) in [5.74, 6) is 1.73. The molecular formula is C12H19N5O. The molecule has 1 fully saturated rings. The van der Waals surface area contributed by atoms with Crippen molar-refractivity contribution in [1.82, 2.24) is 15.3 Å². The summed E-state index contributed by atoms with van der Waals surface area (Å²) in [4.78, 5) is 22.4. The highest BCUT2D eigenvalue weighted by atomic mass is 16.1. The van der Waals surface area contributed by atoms with Gasteiger partial charge in [-0.05, 0) is 12.8 Å². The molecule has 0 radical (unpaired) electrons. The first-order valence-electron chi connectivity index (χ1n) is 6.21. The maximum atomic E-state index is 11.7.